The van der Waals surface area contributed by atoms with E-state index < -0.39 is 17.3 Å². The number of hydrogen-bond donors (Lipinski definition) is 1. The van der Waals surface area contributed by atoms with E-state index in [9.17, 15) is 14.4 Å². The van der Waals surface area contributed by atoms with E-state index >= 15 is 0 Å². The van der Waals surface area contributed by atoms with Crippen LogP contribution in [0.1, 0.15) is 57.1 Å². The van der Waals surface area contributed by atoms with Gasteiger partial charge in [-0.1, -0.05) is 36.4 Å². The highest BCUT2D eigenvalue weighted by molar-refractivity contribution is 6.05. The van der Waals surface area contributed by atoms with Crippen LogP contribution in [-0.4, -0.2) is 93.0 Å². The van der Waals surface area contributed by atoms with E-state index in [1.165, 1.54) is 0 Å². The number of nitrogens with zero attached hydrogens (tertiary/aromatic N) is 3. The molecule has 0 saturated carbocycles. The summed E-state index contributed by atoms with van der Waals surface area (Å²) in [6.45, 7) is 9.16. The Morgan fingerprint density at radius 1 is 1.13 bits per heavy atom. The maximum atomic E-state index is 13.2. The molecule has 5 rings (SSSR count). The molecule has 0 radical (unpaired) electrons. The van der Waals surface area contributed by atoms with Gasteiger partial charge in [-0.05, 0) is 82.9 Å². The monoisotopic (exact) mass is 646 g/mol. The number of Topliss-reactive ketones (excluding diaryl/α,β-unsaturated/α-hetero) is 1. The number of esters is 1. The molecule has 3 heterocycles. The van der Waals surface area contributed by atoms with Gasteiger partial charge in [-0.25, -0.2) is 0 Å². The van der Waals surface area contributed by atoms with Gasteiger partial charge >= 0.3 is 5.97 Å². The molecule has 47 heavy (non-hydrogen) atoms. The second kappa shape index (κ2) is 15.7. The van der Waals surface area contributed by atoms with Gasteiger partial charge in [0.25, 0.3) is 0 Å². The van der Waals surface area contributed by atoms with Gasteiger partial charge in [-0.2, -0.15) is 0 Å². The fourth-order valence-corrected chi connectivity index (χ4v) is 7.10. The molecule has 1 saturated heterocycles. The van der Waals surface area contributed by atoms with Gasteiger partial charge < -0.3 is 34.5 Å². The fourth-order valence-electron chi connectivity index (χ4n) is 7.10. The van der Waals surface area contributed by atoms with Crippen LogP contribution in [0.25, 0.3) is 0 Å². The molecule has 1 amide bonds. The van der Waals surface area contributed by atoms with E-state index in [2.05, 4.69) is 4.90 Å². The van der Waals surface area contributed by atoms with E-state index in [0.29, 0.717) is 74.2 Å². The van der Waals surface area contributed by atoms with Crippen LogP contribution in [0.3, 0.4) is 0 Å². The number of ether oxygens (including phenoxy) is 4. The molecule has 3 aliphatic heterocycles. The zero-order chi connectivity index (χ0) is 33.4. The van der Waals surface area contributed by atoms with E-state index in [-0.39, 0.29) is 25.2 Å². The third-order valence-electron chi connectivity index (χ3n) is 9.39. The molecule has 0 spiro atoms. The molecular formula is C36H46N4O7. The standard InChI is InChI=1S/C36H46N4O7/c1-4-45-35(43)36(28-9-6-5-7-10-28)13-18-39(19-14-36)16-8-17-40(23-41)34-29(22-44-20-15-37)38-25(2)32(26(3)42)33(34)27-11-12-30-31(21-27)47-24-46-30/h5-7,9-12,21,23,32-33H,4,8,13-20,22,24,37H2,1-3H3. The SMILES string of the molecule is CCOC(=O)C1(c2ccccc2)CCN(CCCN(C=O)C2=C(COCCN)N=C(C)C(C(C)=O)C2c2ccc3c(c2)OCO3)CC1. The molecule has 0 bridgehead atoms. The number of hydrogen-bond acceptors (Lipinski definition) is 10. The van der Waals surface area contributed by atoms with Crippen LogP contribution < -0.4 is 15.2 Å². The lowest BCUT2D eigenvalue weighted by atomic mass is 9.72. The summed E-state index contributed by atoms with van der Waals surface area (Å²) < 4.78 is 22.6. The molecule has 3 aliphatic rings. The predicted molar refractivity (Wildman–Crippen MR) is 177 cm³/mol. The molecular weight excluding hydrogens is 600 g/mol. The van der Waals surface area contributed by atoms with Crippen LogP contribution in [0.5, 0.6) is 11.5 Å². The van der Waals surface area contributed by atoms with Crippen molar-refractivity contribution in [3.05, 3.63) is 71.1 Å². The molecule has 1 fully saturated rings. The number of nitrogens with two attached hydrogens (primary N) is 1. The van der Waals surface area contributed by atoms with Gasteiger partial charge in [0.15, 0.2) is 11.5 Å². The van der Waals surface area contributed by atoms with Gasteiger partial charge in [0.1, 0.15) is 5.78 Å². The smallest absolute Gasteiger partial charge is 0.316 e. The van der Waals surface area contributed by atoms with Gasteiger partial charge in [0.05, 0.1) is 42.5 Å². The number of ketones is 1. The Balaban J connectivity index is 1.36. The molecule has 0 aromatic heterocycles. The maximum absolute atomic E-state index is 13.2. The number of aliphatic imine (C=N–C) groups is 1. The summed E-state index contributed by atoms with van der Waals surface area (Å²) in [5, 5.41) is 0. The molecule has 2 aromatic carbocycles. The van der Waals surface area contributed by atoms with Gasteiger partial charge in [0.2, 0.25) is 13.2 Å². The largest absolute Gasteiger partial charge is 0.465 e. The van der Waals surface area contributed by atoms with E-state index in [1.807, 2.05) is 62.4 Å². The van der Waals surface area contributed by atoms with Crippen molar-refractivity contribution in [3.8, 4) is 11.5 Å². The second-order valence-corrected chi connectivity index (χ2v) is 12.3. The van der Waals surface area contributed by atoms with Crippen LogP contribution in [0.4, 0.5) is 0 Å². The van der Waals surface area contributed by atoms with Gasteiger partial charge in [-0.15, -0.1) is 0 Å². The van der Waals surface area contributed by atoms with E-state index in [4.69, 9.17) is 29.7 Å². The quantitative estimate of drug-likeness (QED) is 0.174. The summed E-state index contributed by atoms with van der Waals surface area (Å²) in [4.78, 5) is 48.1. The van der Waals surface area contributed by atoms with Crippen molar-refractivity contribution in [3.63, 3.8) is 0 Å². The highest BCUT2D eigenvalue weighted by Gasteiger charge is 2.44. The Labute approximate surface area is 276 Å². The third-order valence-corrected chi connectivity index (χ3v) is 9.39. The summed E-state index contributed by atoms with van der Waals surface area (Å²) in [5.41, 5.74) is 8.76. The lowest BCUT2D eigenvalue weighted by Gasteiger charge is -2.40. The van der Waals surface area contributed by atoms with E-state index in [0.717, 1.165) is 37.2 Å². The van der Waals surface area contributed by atoms with Crippen LogP contribution >= 0.6 is 0 Å². The lowest BCUT2D eigenvalue weighted by Crippen LogP contribution is -2.48. The first-order chi connectivity index (χ1) is 22.8. The average Bonchev–Trinajstić information content (AvgIpc) is 3.56. The predicted octanol–water partition coefficient (Wildman–Crippen LogP) is 3.81. The van der Waals surface area contributed by atoms with Crippen molar-refractivity contribution in [1.29, 1.82) is 0 Å². The highest BCUT2D eigenvalue weighted by Crippen LogP contribution is 2.44. The van der Waals surface area contributed by atoms with Crippen molar-refractivity contribution < 1.29 is 33.3 Å². The topological polar surface area (TPSA) is 133 Å². The first-order valence-electron chi connectivity index (χ1n) is 16.5. The van der Waals surface area contributed by atoms with Crippen molar-refractivity contribution >= 4 is 23.9 Å². The minimum Gasteiger partial charge on any atom is -0.465 e. The summed E-state index contributed by atoms with van der Waals surface area (Å²) in [7, 11) is 0. The van der Waals surface area contributed by atoms with Crippen LogP contribution in [0.15, 0.2) is 64.9 Å². The molecule has 252 valence electrons. The Bertz CT molecular complexity index is 1480. The molecule has 11 heteroatoms. The minimum absolute atomic E-state index is 0.0454. The summed E-state index contributed by atoms with van der Waals surface area (Å²) >= 11 is 0. The fraction of sp³-hybridized carbons (Fsp3) is 0.500. The minimum atomic E-state index is -0.663. The summed E-state index contributed by atoms with van der Waals surface area (Å²) in [6.07, 6.45) is 2.81. The number of piperidine rings is 1. The van der Waals surface area contributed by atoms with Crippen molar-refractivity contribution in [1.82, 2.24) is 9.80 Å². The Morgan fingerprint density at radius 3 is 2.55 bits per heavy atom. The average molecular weight is 647 g/mol. The van der Waals surface area contributed by atoms with Crippen molar-refractivity contribution in [2.75, 3.05) is 59.3 Å². The number of allylic oxidation sites excluding steroid dienone is 1. The molecule has 2 aromatic rings. The number of carbonyl (C=O) groups is 3. The number of rotatable bonds is 15. The third kappa shape index (κ3) is 7.42. The Kier molecular flexibility index (Phi) is 11.4. The van der Waals surface area contributed by atoms with Gasteiger partial charge in [-0.3, -0.25) is 19.4 Å². The molecule has 2 unspecified atom stereocenters. The highest BCUT2D eigenvalue weighted by atomic mass is 16.7. The number of carbonyl (C=O) groups excluding carboxylic acids is 3. The zero-order valence-electron chi connectivity index (χ0n) is 27.6. The number of likely N-dealkylation sites (tertiary alicyclic amines) is 1. The molecule has 2 N–H and O–H groups in total. The summed E-state index contributed by atoms with van der Waals surface area (Å²) in [6, 6.07) is 15.5. The van der Waals surface area contributed by atoms with Crippen LogP contribution in [0.2, 0.25) is 0 Å². The van der Waals surface area contributed by atoms with Crippen LogP contribution in [0, 0.1) is 5.92 Å². The number of amides is 1. The van der Waals surface area contributed by atoms with E-state index in [1.54, 1.807) is 11.8 Å². The molecule has 11 nitrogen and oxygen atoms in total. The number of benzene rings is 2. The Morgan fingerprint density at radius 2 is 1.87 bits per heavy atom. The number of fused-ring (bicyclic) bond motifs is 1. The molecule has 2 atom stereocenters. The van der Waals surface area contributed by atoms with Gasteiger partial charge in [0, 0.05) is 24.7 Å². The second-order valence-electron chi connectivity index (χ2n) is 12.3. The van der Waals surface area contributed by atoms with Crippen molar-refractivity contribution in [2.24, 2.45) is 16.6 Å². The first kappa shape index (κ1) is 34.3. The van der Waals surface area contributed by atoms with Crippen molar-refractivity contribution in [2.45, 2.75) is 51.4 Å². The van der Waals surface area contributed by atoms with Crippen LogP contribution in [-0.2, 0) is 29.3 Å². The maximum Gasteiger partial charge on any atom is 0.316 e. The Hall–Kier alpha value is -4.06. The zero-order valence-corrected chi connectivity index (χ0v) is 27.6. The first-order valence-corrected chi connectivity index (χ1v) is 16.5. The lowest BCUT2D eigenvalue weighted by molar-refractivity contribution is -0.152. The molecule has 0 aliphatic carbocycles. The summed E-state index contributed by atoms with van der Waals surface area (Å²) in [5.74, 6) is -0.0239. The normalized spacial score (nSPS) is 20.5.